The summed E-state index contributed by atoms with van der Waals surface area (Å²) >= 11 is 0. The summed E-state index contributed by atoms with van der Waals surface area (Å²) in [6.45, 7) is 3.96. The fourth-order valence-electron chi connectivity index (χ4n) is 2.01. The standard InChI is InChI=1S/C12H15N5/c1-7-5-8(2)17(16-7)12-14-6-10(13)11(15-12)9-3-4-9/h5-6,9H,3-4,13H2,1-2H3. The average molecular weight is 229 g/mol. The van der Waals surface area contributed by atoms with E-state index >= 15 is 0 Å². The normalized spacial score (nSPS) is 15.2. The highest BCUT2D eigenvalue weighted by molar-refractivity contribution is 5.45. The number of nitrogens with two attached hydrogens (primary N) is 1. The smallest absolute Gasteiger partial charge is 0.251 e. The van der Waals surface area contributed by atoms with Gasteiger partial charge in [0.15, 0.2) is 0 Å². The van der Waals surface area contributed by atoms with Gasteiger partial charge in [-0.15, -0.1) is 0 Å². The number of hydrogen-bond donors (Lipinski definition) is 1. The van der Waals surface area contributed by atoms with Crippen LogP contribution in [0.2, 0.25) is 0 Å². The Morgan fingerprint density at radius 3 is 2.71 bits per heavy atom. The van der Waals surface area contributed by atoms with Crippen LogP contribution >= 0.6 is 0 Å². The van der Waals surface area contributed by atoms with Crippen LogP contribution in [0.3, 0.4) is 0 Å². The first-order valence-corrected chi connectivity index (χ1v) is 5.81. The van der Waals surface area contributed by atoms with Gasteiger partial charge < -0.3 is 5.73 Å². The van der Waals surface area contributed by atoms with Gasteiger partial charge in [0.2, 0.25) is 0 Å². The zero-order chi connectivity index (χ0) is 12.0. The summed E-state index contributed by atoms with van der Waals surface area (Å²) in [5.41, 5.74) is 9.57. The van der Waals surface area contributed by atoms with Crippen molar-refractivity contribution in [2.75, 3.05) is 5.73 Å². The molecule has 0 atom stereocenters. The van der Waals surface area contributed by atoms with Crippen LogP contribution in [0.4, 0.5) is 5.69 Å². The second kappa shape index (κ2) is 3.55. The summed E-state index contributed by atoms with van der Waals surface area (Å²) in [6.07, 6.45) is 4.04. The lowest BCUT2D eigenvalue weighted by Gasteiger charge is -2.06. The minimum atomic E-state index is 0.522. The van der Waals surface area contributed by atoms with E-state index in [-0.39, 0.29) is 0 Å². The van der Waals surface area contributed by atoms with Crippen molar-refractivity contribution < 1.29 is 0 Å². The third kappa shape index (κ3) is 1.77. The SMILES string of the molecule is Cc1cc(C)n(-c2ncc(N)c(C3CC3)n2)n1. The summed E-state index contributed by atoms with van der Waals surface area (Å²) in [4.78, 5) is 8.80. The molecule has 0 radical (unpaired) electrons. The number of aryl methyl sites for hydroxylation is 2. The van der Waals surface area contributed by atoms with Crippen molar-refractivity contribution in [2.45, 2.75) is 32.6 Å². The summed E-state index contributed by atoms with van der Waals surface area (Å²) in [5.74, 6) is 1.14. The Labute approximate surface area is 99.7 Å². The fourth-order valence-corrected chi connectivity index (χ4v) is 2.01. The number of hydrogen-bond acceptors (Lipinski definition) is 4. The van der Waals surface area contributed by atoms with Crippen LogP contribution < -0.4 is 5.73 Å². The summed E-state index contributed by atoms with van der Waals surface area (Å²) in [7, 11) is 0. The lowest BCUT2D eigenvalue weighted by Crippen LogP contribution is -2.08. The van der Waals surface area contributed by atoms with E-state index in [1.807, 2.05) is 19.9 Å². The van der Waals surface area contributed by atoms with Crippen molar-refractivity contribution in [3.8, 4) is 5.95 Å². The third-order valence-corrected chi connectivity index (χ3v) is 3.00. The molecule has 2 heterocycles. The zero-order valence-electron chi connectivity index (χ0n) is 10.0. The second-order valence-corrected chi connectivity index (χ2v) is 4.62. The van der Waals surface area contributed by atoms with Crippen molar-refractivity contribution in [3.63, 3.8) is 0 Å². The van der Waals surface area contributed by atoms with Gasteiger partial charge in [-0.05, 0) is 32.8 Å². The molecule has 0 aromatic carbocycles. The molecule has 1 aliphatic rings. The van der Waals surface area contributed by atoms with Gasteiger partial charge in [-0.3, -0.25) is 0 Å². The number of anilines is 1. The van der Waals surface area contributed by atoms with Gasteiger partial charge in [0, 0.05) is 11.6 Å². The molecule has 17 heavy (non-hydrogen) atoms. The van der Waals surface area contributed by atoms with E-state index in [0.29, 0.717) is 17.6 Å². The molecule has 1 aliphatic carbocycles. The first-order chi connectivity index (χ1) is 8.15. The molecule has 0 saturated heterocycles. The quantitative estimate of drug-likeness (QED) is 0.851. The Kier molecular flexibility index (Phi) is 2.14. The van der Waals surface area contributed by atoms with Crippen LogP contribution in [-0.4, -0.2) is 19.7 Å². The Balaban J connectivity index is 2.08. The van der Waals surface area contributed by atoms with E-state index in [0.717, 1.165) is 17.1 Å². The number of aromatic nitrogens is 4. The first kappa shape index (κ1) is 10.3. The van der Waals surface area contributed by atoms with E-state index in [4.69, 9.17) is 5.73 Å². The molecule has 0 spiro atoms. The highest BCUT2D eigenvalue weighted by atomic mass is 15.4. The molecule has 5 heteroatoms. The average Bonchev–Trinajstić information content (AvgIpc) is 3.06. The maximum atomic E-state index is 5.90. The second-order valence-electron chi connectivity index (χ2n) is 4.62. The van der Waals surface area contributed by atoms with E-state index in [1.54, 1.807) is 10.9 Å². The molecule has 2 aromatic heterocycles. The summed E-state index contributed by atoms with van der Waals surface area (Å²) in [6, 6.07) is 2.01. The molecule has 2 N–H and O–H groups in total. The van der Waals surface area contributed by atoms with Crippen molar-refractivity contribution in [1.29, 1.82) is 0 Å². The molecule has 0 unspecified atom stereocenters. The van der Waals surface area contributed by atoms with Gasteiger partial charge in [-0.2, -0.15) is 5.10 Å². The number of nitrogen functional groups attached to an aromatic ring is 1. The highest BCUT2D eigenvalue weighted by Gasteiger charge is 2.28. The van der Waals surface area contributed by atoms with Gasteiger partial charge in [0.25, 0.3) is 5.95 Å². The van der Waals surface area contributed by atoms with Crippen molar-refractivity contribution in [1.82, 2.24) is 19.7 Å². The fraction of sp³-hybridized carbons (Fsp3) is 0.417. The maximum Gasteiger partial charge on any atom is 0.251 e. The Hall–Kier alpha value is -1.91. The molecular formula is C12H15N5. The zero-order valence-corrected chi connectivity index (χ0v) is 10.0. The molecule has 1 saturated carbocycles. The lowest BCUT2D eigenvalue weighted by atomic mass is 10.2. The molecule has 88 valence electrons. The molecule has 5 nitrogen and oxygen atoms in total. The molecule has 1 fully saturated rings. The first-order valence-electron chi connectivity index (χ1n) is 5.81. The molecule has 0 bridgehead atoms. The van der Waals surface area contributed by atoms with Crippen LogP contribution in [-0.2, 0) is 0 Å². The highest BCUT2D eigenvalue weighted by Crippen LogP contribution is 2.41. The molecule has 0 aliphatic heterocycles. The largest absolute Gasteiger partial charge is 0.396 e. The van der Waals surface area contributed by atoms with Gasteiger partial charge >= 0.3 is 0 Å². The number of nitrogens with zero attached hydrogens (tertiary/aromatic N) is 4. The van der Waals surface area contributed by atoms with Crippen molar-refractivity contribution in [2.24, 2.45) is 0 Å². The third-order valence-electron chi connectivity index (χ3n) is 3.00. The number of rotatable bonds is 2. The minimum absolute atomic E-state index is 0.522. The van der Waals surface area contributed by atoms with Crippen LogP contribution in [0.1, 0.15) is 35.8 Å². The van der Waals surface area contributed by atoms with Crippen LogP contribution in [0, 0.1) is 13.8 Å². The monoisotopic (exact) mass is 229 g/mol. The minimum Gasteiger partial charge on any atom is -0.396 e. The Morgan fingerprint density at radius 2 is 2.12 bits per heavy atom. The van der Waals surface area contributed by atoms with Crippen molar-refractivity contribution >= 4 is 5.69 Å². The van der Waals surface area contributed by atoms with E-state index in [2.05, 4.69) is 15.1 Å². The topological polar surface area (TPSA) is 69.6 Å². The predicted molar refractivity (Wildman–Crippen MR) is 65.0 cm³/mol. The van der Waals surface area contributed by atoms with E-state index < -0.39 is 0 Å². The maximum absolute atomic E-state index is 5.90. The van der Waals surface area contributed by atoms with Gasteiger partial charge in [0.05, 0.1) is 23.3 Å². The van der Waals surface area contributed by atoms with Crippen molar-refractivity contribution in [3.05, 3.63) is 29.3 Å². The van der Waals surface area contributed by atoms with E-state index in [1.165, 1.54) is 12.8 Å². The lowest BCUT2D eigenvalue weighted by molar-refractivity contribution is 0.763. The molecule has 3 rings (SSSR count). The van der Waals surface area contributed by atoms with Crippen LogP contribution in [0.5, 0.6) is 0 Å². The van der Waals surface area contributed by atoms with E-state index in [9.17, 15) is 0 Å². The molecular weight excluding hydrogens is 214 g/mol. The van der Waals surface area contributed by atoms with Crippen LogP contribution in [0.15, 0.2) is 12.3 Å². The Morgan fingerprint density at radius 1 is 1.35 bits per heavy atom. The van der Waals surface area contributed by atoms with Crippen LogP contribution in [0.25, 0.3) is 5.95 Å². The van der Waals surface area contributed by atoms with Gasteiger partial charge in [-0.1, -0.05) is 0 Å². The summed E-state index contributed by atoms with van der Waals surface area (Å²) in [5, 5.41) is 4.38. The molecule has 2 aromatic rings. The summed E-state index contributed by atoms with van der Waals surface area (Å²) < 4.78 is 1.76. The Bertz CT molecular complexity index is 568. The molecule has 0 amide bonds. The van der Waals surface area contributed by atoms with Gasteiger partial charge in [-0.25, -0.2) is 14.6 Å². The van der Waals surface area contributed by atoms with Gasteiger partial charge in [0.1, 0.15) is 0 Å². The predicted octanol–water partition coefficient (Wildman–Crippen LogP) is 1.74.